The van der Waals surface area contributed by atoms with Crippen LogP contribution in [0.3, 0.4) is 0 Å². The van der Waals surface area contributed by atoms with Crippen LogP contribution in [0.5, 0.6) is 0 Å². The minimum Gasteiger partial charge on any atom is -0.383 e. The highest BCUT2D eigenvalue weighted by Gasteiger charge is 2.16. The molecule has 2 N–H and O–H groups in total. The van der Waals surface area contributed by atoms with Gasteiger partial charge in [-0.15, -0.1) is 5.10 Å². The van der Waals surface area contributed by atoms with Crippen LogP contribution in [-0.4, -0.2) is 30.2 Å². The van der Waals surface area contributed by atoms with E-state index in [-0.39, 0.29) is 5.92 Å². The van der Waals surface area contributed by atoms with Crippen LogP contribution in [0, 0.1) is 0 Å². The fourth-order valence-corrected chi connectivity index (χ4v) is 2.38. The summed E-state index contributed by atoms with van der Waals surface area (Å²) in [5.74, 6) is 0.757. The molecule has 90 valence electrons. The molecule has 0 fully saturated rings. The van der Waals surface area contributed by atoms with Crippen molar-refractivity contribution < 1.29 is 0 Å². The average molecular weight is 251 g/mol. The molecule has 2 rings (SSSR count). The molecule has 0 aliphatic rings. The Morgan fingerprint density at radius 2 is 2.12 bits per heavy atom. The number of nitrogen functional groups attached to an aromatic ring is 1. The van der Waals surface area contributed by atoms with E-state index in [1.54, 1.807) is 11.7 Å². The fourth-order valence-electron chi connectivity index (χ4n) is 1.41. The number of hydrogen-bond acceptors (Lipinski definition) is 7. The van der Waals surface area contributed by atoms with Gasteiger partial charge in [0.25, 0.3) is 0 Å². The smallest absolute Gasteiger partial charge is 0.215 e. The van der Waals surface area contributed by atoms with Gasteiger partial charge in [-0.05, 0) is 28.1 Å². The highest BCUT2D eigenvalue weighted by molar-refractivity contribution is 7.99. The van der Waals surface area contributed by atoms with Crippen molar-refractivity contribution in [3.8, 4) is 0 Å². The van der Waals surface area contributed by atoms with Gasteiger partial charge < -0.3 is 5.73 Å². The SMILES string of the molecule is CC(C)c1c(N)ncnc1Sc1nnnn1C. The molecule has 0 saturated heterocycles. The third kappa shape index (κ3) is 2.36. The minimum atomic E-state index is 0.250. The standard InChI is InChI=1S/C9H13N7S/c1-5(2)6-7(10)11-4-12-8(6)17-9-13-14-15-16(9)3/h4-5H,1-3H3,(H2,10,11,12). The third-order valence-corrected chi connectivity index (χ3v) is 3.27. The van der Waals surface area contributed by atoms with E-state index < -0.39 is 0 Å². The largest absolute Gasteiger partial charge is 0.383 e. The van der Waals surface area contributed by atoms with Crippen LogP contribution in [0.15, 0.2) is 16.5 Å². The van der Waals surface area contributed by atoms with Gasteiger partial charge in [-0.3, -0.25) is 0 Å². The zero-order valence-corrected chi connectivity index (χ0v) is 10.6. The Morgan fingerprint density at radius 3 is 2.71 bits per heavy atom. The van der Waals surface area contributed by atoms with Crippen LogP contribution >= 0.6 is 11.8 Å². The van der Waals surface area contributed by atoms with Gasteiger partial charge >= 0.3 is 0 Å². The maximum absolute atomic E-state index is 5.87. The Balaban J connectivity index is 2.39. The normalized spacial score (nSPS) is 11.1. The predicted molar refractivity (Wildman–Crippen MR) is 63.5 cm³/mol. The van der Waals surface area contributed by atoms with Crippen molar-refractivity contribution in [1.29, 1.82) is 0 Å². The first kappa shape index (κ1) is 11.8. The zero-order chi connectivity index (χ0) is 12.4. The number of aryl methyl sites for hydroxylation is 1. The highest BCUT2D eigenvalue weighted by Crippen LogP contribution is 2.32. The van der Waals surface area contributed by atoms with Gasteiger partial charge in [-0.1, -0.05) is 13.8 Å². The van der Waals surface area contributed by atoms with Crippen molar-refractivity contribution >= 4 is 17.6 Å². The summed E-state index contributed by atoms with van der Waals surface area (Å²) in [6.07, 6.45) is 1.45. The topological polar surface area (TPSA) is 95.4 Å². The van der Waals surface area contributed by atoms with E-state index in [4.69, 9.17) is 5.73 Å². The zero-order valence-electron chi connectivity index (χ0n) is 9.82. The first-order valence-electron chi connectivity index (χ1n) is 5.10. The van der Waals surface area contributed by atoms with Crippen molar-refractivity contribution in [2.75, 3.05) is 5.73 Å². The van der Waals surface area contributed by atoms with Gasteiger partial charge in [0.1, 0.15) is 17.2 Å². The Morgan fingerprint density at radius 1 is 1.35 bits per heavy atom. The fraction of sp³-hybridized carbons (Fsp3) is 0.444. The summed E-state index contributed by atoms with van der Waals surface area (Å²) in [7, 11) is 1.78. The minimum absolute atomic E-state index is 0.250. The second kappa shape index (κ2) is 4.66. The molecule has 0 unspecified atom stereocenters. The van der Waals surface area contributed by atoms with Crippen LogP contribution in [0.4, 0.5) is 5.82 Å². The van der Waals surface area contributed by atoms with E-state index in [1.807, 2.05) is 13.8 Å². The van der Waals surface area contributed by atoms with Gasteiger partial charge in [0.15, 0.2) is 0 Å². The molecule has 0 aliphatic carbocycles. The molecular weight excluding hydrogens is 238 g/mol. The Kier molecular flexibility index (Phi) is 3.23. The van der Waals surface area contributed by atoms with Crippen LogP contribution in [0.2, 0.25) is 0 Å². The summed E-state index contributed by atoms with van der Waals surface area (Å²) in [6, 6.07) is 0. The monoisotopic (exact) mass is 251 g/mol. The number of hydrogen-bond donors (Lipinski definition) is 1. The van der Waals surface area contributed by atoms with Crippen molar-refractivity contribution in [3.63, 3.8) is 0 Å². The number of aromatic nitrogens is 6. The van der Waals surface area contributed by atoms with Gasteiger partial charge in [-0.2, -0.15) is 0 Å². The predicted octanol–water partition coefficient (Wildman–Crippen LogP) is 0.857. The van der Waals surface area contributed by atoms with Crippen molar-refractivity contribution in [3.05, 3.63) is 11.9 Å². The highest BCUT2D eigenvalue weighted by atomic mass is 32.2. The lowest BCUT2D eigenvalue weighted by Gasteiger charge is -2.11. The van der Waals surface area contributed by atoms with Crippen molar-refractivity contribution in [2.45, 2.75) is 29.9 Å². The van der Waals surface area contributed by atoms with E-state index in [1.165, 1.54) is 18.1 Å². The Bertz CT molecular complexity index is 522. The molecular formula is C9H13N7S. The summed E-state index contributed by atoms with van der Waals surface area (Å²) >= 11 is 1.39. The molecule has 0 aromatic carbocycles. The third-order valence-electron chi connectivity index (χ3n) is 2.22. The molecule has 0 atom stereocenters. The van der Waals surface area contributed by atoms with E-state index >= 15 is 0 Å². The Hall–Kier alpha value is -1.70. The molecule has 0 aliphatic heterocycles. The second-order valence-electron chi connectivity index (χ2n) is 3.82. The molecule has 0 saturated carbocycles. The van der Waals surface area contributed by atoms with Crippen LogP contribution < -0.4 is 5.73 Å². The molecule has 0 spiro atoms. The molecule has 2 heterocycles. The number of nitrogens with zero attached hydrogens (tertiary/aromatic N) is 6. The summed E-state index contributed by atoms with van der Waals surface area (Å²) in [5, 5.41) is 12.7. The van der Waals surface area contributed by atoms with Gasteiger partial charge in [0, 0.05) is 12.6 Å². The number of nitrogens with two attached hydrogens (primary N) is 1. The van der Waals surface area contributed by atoms with Crippen molar-refractivity contribution in [2.24, 2.45) is 7.05 Å². The summed E-state index contributed by atoms with van der Waals surface area (Å²) < 4.78 is 1.59. The lowest BCUT2D eigenvalue weighted by atomic mass is 10.1. The van der Waals surface area contributed by atoms with E-state index in [2.05, 4.69) is 25.5 Å². The molecule has 8 heteroatoms. The summed E-state index contributed by atoms with van der Waals surface area (Å²) in [4.78, 5) is 8.25. The van der Waals surface area contributed by atoms with E-state index in [9.17, 15) is 0 Å². The van der Waals surface area contributed by atoms with Crippen LogP contribution in [0.25, 0.3) is 0 Å². The first-order chi connectivity index (χ1) is 8.09. The summed E-state index contributed by atoms with van der Waals surface area (Å²) in [5.41, 5.74) is 6.80. The summed E-state index contributed by atoms with van der Waals surface area (Å²) in [6.45, 7) is 4.10. The number of tetrazole rings is 1. The van der Waals surface area contributed by atoms with Crippen LogP contribution in [-0.2, 0) is 7.05 Å². The lowest BCUT2D eigenvalue weighted by molar-refractivity contribution is 0.663. The average Bonchev–Trinajstić information content (AvgIpc) is 2.64. The van der Waals surface area contributed by atoms with Gasteiger partial charge in [-0.25, -0.2) is 14.6 Å². The maximum atomic E-state index is 5.87. The molecule has 2 aromatic rings. The number of rotatable bonds is 3. The van der Waals surface area contributed by atoms with Crippen molar-refractivity contribution in [1.82, 2.24) is 30.2 Å². The molecule has 17 heavy (non-hydrogen) atoms. The van der Waals surface area contributed by atoms with E-state index in [0.29, 0.717) is 11.0 Å². The lowest BCUT2D eigenvalue weighted by Crippen LogP contribution is -2.04. The molecule has 7 nitrogen and oxygen atoms in total. The van der Waals surface area contributed by atoms with Gasteiger partial charge in [0.2, 0.25) is 5.16 Å². The second-order valence-corrected chi connectivity index (χ2v) is 4.78. The molecule has 0 amide bonds. The molecule has 2 aromatic heterocycles. The van der Waals surface area contributed by atoms with Crippen LogP contribution in [0.1, 0.15) is 25.3 Å². The quantitative estimate of drug-likeness (QED) is 0.808. The first-order valence-corrected chi connectivity index (χ1v) is 5.91. The number of anilines is 1. The maximum Gasteiger partial charge on any atom is 0.215 e. The molecule has 0 bridgehead atoms. The van der Waals surface area contributed by atoms with E-state index in [0.717, 1.165) is 10.6 Å². The Labute approximate surface area is 103 Å². The molecule has 0 radical (unpaired) electrons. The van der Waals surface area contributed by atoms with Gasteiger partial charge in [0.05, 0.1) is 0 Å².